The summed E-state index contributed by atoms with van der Waals surface area (Å²) in [6.45, 7) is 6.09. The average Bonchev–Trinajstić information content (AvgIpc) is 2.23. The van der Waals surface area contributed by atoms with E-state index in [2.05, 4.69) is 6.92 Å². The van der Waals surface area contributed by atoms with Crippen molar-refractivity contribution in [3.63, 3.8) is 0 Å². The van der Waals surface area contributed by atoms with Crippen molar-refractivity contribution in [2.75, 3.05) is 0 Å². The quantitative estimate of drug-likeness (QED) is 0.728. The van der Waals surface area contributed by atoms with Gasteiger partial charge in [0.1, 0.15) is 5.82 Å². The van der Waals surface area contributed by atoms with Gasteiger partial charge < -0.3 is 5.73 Å². The standard InChI is InChI=1S/C15H24FN/c1-4-5-6-7-8-14(17)15-11(2)9-13(16)10-12(15)3/h9-10,14H,4-8,17H2,1-3H3. The van der Waals surface area contributed by atoms with E-state index in [1.165, 1.54) is 19.3 Å². The number of nitrogens with two attached hydrogens (primary N) is 1. The second-order valence-electron chi connectivity index (χ2n) is 4.91. The predicted molar refractivity (Wildman–Crippen MR) is 71.6 cm³/mol. The molecule has 0 fully saturated rings. The molecular formula is C15H24FN. The molecule has 0 aliphatic carbocycles. The second kappa shape index (κ2) is 6.75. The smallest absolute Gasteiger partial charge is 0.123 e. The van der Waals surface area contributed by atoms with Gasteiger partial charge in [-0.15, -0.1) is 0 Å². The molecule has 1 aromatic rings. The highest BCUT2D eigenvalue weighted by atomic mass is 19.1. The molecule has 0 spiro atoms. The largest absolute Gasteiger partial charge is 0.324 e. The Labute approximate surface area is 104 Å². The fourth-order valence-corrected chi connectivity index (χ4v) is 2.44. The van der Waals surface area contributed by atoms with Crippen LogP contribution in [0.3, 0.4) is 0 Å². The lowest BCUT2D eigenvalue weighted by Crippen LogP contribution is -2.13. The van der Waals surface area contributed by atoms with E-state index < -0.39 is 0 Å². The van der Waals surface area contributed by atoms with Crippen LogP contribution in [0.5, 0.6) is 0 Å². The maximum atomic E-state index is 13.2. The average molecular weight is 237 g/mol. The lowest BCUT2D eigenvalue weighted by molar-refractivity contribution is 0.560. The predicted octanol–water partition coefficient (Wildman–Crippen LogP) is 4.41. The van der Waals surface area contributed by atoms with Crippen molar-refractivity contribution >= 4 is 0 Å². The van der Waals surface area contributed by atoms with E-state index in [9.17, 15) is 4.39 Å². The Bertz CT molecular complexity index is 337. The lowest BCUT2D eigenvalue weighted by Gasteiger charge is -2.17. The first-order valence-corrected chi connectivity index (χ1v) is 6.58. The van der Waals surface area contributed by atoms with Crippen LogP contribution in [0.25, 0.3) is 0 Å². The van der Waals surface area contributed by atoms with Gasteiger partial charge in [-0.05, 0) is 49.1 Å². The molecule has 1 nitrogen and oxygen atoms in total. The number of rotatable bonds is 6. The van der Waals surface area contributed by atoms with Crippen molar-refractivity contribution in [3.05, 3.63) is 34.6 Å². The van der Waals surface area contributed by atoms with Gasteiger partial charge in [-0.3, -0.25) is 0 Å². The highest BCUT2D eigenvalue weighted by Crippen LogP contribution is 2.25. The minimum atomic E-state index is -0.165. The fraction of sp³-hybridized carbons (Fsp3) is 0.600. The minimum Gasteiger partial charge on any atom is -0.324 e. The Morgan fingerprint density at radius 1 is 1.12 bits per heavy atom. The van der Waals surface area contributed by atoms with Crippen molar-refractivity contribution in [2.45, 2.75) is 58.9 Å². The van der Waals surface area contributed by atoms with E-state index >= 15 is 0 Å². The first-order valence-electron chi connectivity index (χ1n) is 6.58. The van der Waals surface area contributed by atoms with Gasteiger partial charge in [0, 0.05) is 6.04 Å². The molecule has 0 heterocycles. The van der Waals surface area contributed by atoms with Gasteiger partial charge in [0.2, 0.25) is 0 Å². The molecule has 0 aromatic heterocycles. The Morgan fingerprint density at radius 2 is 1.71 bits per heavy atom. The summed E-state index contributed by atoms with van der Waals surface area (Å²) in [6.07, 6.45) is 5.90. The van der Waals surface area contributed by atoms with Crippen molar-refractivity contribution in [3.8, 4) is 0 Å². The molecule has 0 amide bonds. The van der Waals surface area contributed by atoms with E-state index in [4.69, 9.17) is 5.73 Å². The third-order valence-electron chi connectivity index (χ3n) is 3.30. The Morgan fingerprint density at radius 3 is 2.24 bits per heavy atom. The number of hydrogen-bond donors (Lipinski definition) is 1. The molecule has 1 rings (SSSR count). The molecule has 17 heavy (non-hydrogen) atoms. The van der Waals surface area contributed by atoms with Gasteiger partial charge in [0.05, 0.1) is 0 Å². The lowest BCUT2D eigenvalue weighted by atomic mass is 9.93. The molecular weight excluding hydrogens is 213 g/mol. The fourth-order valence-electron chi connectivity index (χ4n) is 2.44. The SMILES string of the molecule is CCCCCCC(N)c1c(C)cc(F)cc1C. The Balaban J connectivity index is 2.65. The molecule has 96 valence electrons. The maximum Gasteiger partial charge on any atom is 0.123 e. The van der Waals surface area contributed by atoms with Crippen LogP contribution >= 0.6 is 0 Å². The number of benzene rings is 1. The molecule has 1 unspecified atom stereocenters. The van der Waals surface area contributed by atoms with Crippen molar-refractivity contribution in [2.24, 2.45) is 5.73 Å². The highest BCUT2D eigenvalue weighted by Gasteiger charge is 2.12. The molecule has 2 heteroatoms. The van der Waals surface area contributed by atoms with Gasteiger partial charge in [0.15, 0.2) is 0 Å². The number of halogens is 1. The Hall–Kier alpha value is -0.890. The van der Waals surface area contributed by atoms with Crippen LogP contribution in [-0.4, -0.2) is 0 Å². The first-order chi connectivity index (χ1) is 8.06. The second-order valence-corrected chi connectivity index (χ2v) is 4.91. The van der Waals surface area contributed by atoms with Gasteiger partial charge in [0.25, 0.3) is 0 Å². The maximum absolute atomic E-state index is 13.2. The normalized spacial score (nSPS) is 12.8. The summed E-state index contributed by atoms with van der Waals surface area (Å²) in [4.78, 5) is 0. The van der Waals surface area contributed by atoms with Crippen LogP contribution in [0.2, 0.25) is 0 Å². The zero-order chi connectivity index (χ0) is 12.8. The topological polar surface area (TPSA) is 26.0 Å². The van der Waals surface area contributed by atoms with Crippen LogP contribution in [0.15, 0.2) is 12.1 Å². The first kappa shape index (κ1) is 14.2. The van der Waals surface area contributed by atoms with Crippen molar-refractivity contribution in [1.82, 2.24) is 0 Å². The summed E-state index contributed by atoms with van der Waals surface area (Å²) in [6, 6.07) is 3.20. The van der Waals surface area contributed by atoms with Crippen LogP contribution < -0.4 is 5.73 Å². The third kappa shape index (κ3) is 4.12. The van der Waals surface area contributed by atoms with Gasteiger partial charge in [-0.25, -0.2) is 4.39 Å². The summed E-state index contributed by atoms with van der Waals surface area (Å²) in [7, 11) is 0. The third-order valence-corrected chi connectivity index (χ3v) is 3.30. The molecule has 1 aromatic carbocycles. The molecule has 0 radical (unpaired) electrons. The highest BCUT2D eigenvalue weighted by molar-refractivity contribution is 5.36. The zero-order valence-corrected chi connectivity index (χ0v) is 11.2. The molecule has 1 atom stereocenters. The van der Waals surface area contributed by atoms with Gasteiger partial charge in [-0.2, -0.15) is 0 Å². The van der Waals surface area contributed by atoms with E-state index in [-0.39, 0.29) is 11.9 Å². The number of unbranched alkanes of at least 4 members (excludes halogenated alkanes) is 3. The monoisotopic (exact) mass is 237 g/mol. The summed E-state index contributed by atoms with van der Waals surface area (Å²) >= 11 is 0. The summed E-state index contributed by atoms with van der Waals surface area (Å²) in [5, 5.41) is 0. The Kier molecular flexibility index (Phi) is 5.63. The van der Waals surface area contributed by atoms with Crippen LogP contribution in [0, 0.1) is 19.7 Å². The van der Waals surface area contributed by atoms with E-state index in [1.54, 1.807) is 12.1 Å². The van der Waals surface area contributed by atoms with E-state index in [0.717, 1.165) is 29.5 Å². The van der Waals surface area contributed by atoms with E-state index in [0.29, 0.717) is 0 Å². The molecule has 0 aliphatic heterocycles. The zero-order valence-electron chi connectivity index (χ0n) is 11.2. The summed E-state index contributed by atoms with van der Waals surface area (Å²) < 4.78 is 13.2. The molecule has 0 saturated carbocycles. The number of aryl methyl sites for hydroxylation is 2. The molecule has 0 saturated heterocycles. The van der Waals surface area contributed by atoms with Crippen LogP contribution in [0.1, 0.15) is 61.8 Å². The van der Waals surface area contributed by atoms with Crippen LogP contribution in [0.4, 0.5) is 4.39 Å². The van der Waals surface area contributed by atoms with Gasteiger partial charge >= 0.3 is 0 Å². The van der Waals surface area contributed by atoms with Gasteiger partial charge in [-0.1, -0.05) is 32.6 Å². The molecule has 0 aliphatic rings. The number of hydrogen-bond acceptors (Lipinski definition) is 1. The molecule has 2 N–H and O–H groups in total. The minimum absolute atomic E-state index is 0.0486. The van der Waals surface area contributed by atoms with E-state index in [1.807, 2.05) is 13.8 Å². The molecule has 0 bridgehead atoms. The van der Waals surface area contributed by atoms with Crippen molar-refractivity contribution in [1.29, 1.82) is 0 Å². The summed E-state index contributed by atoms with van der Waals surface area (Å²) in [5.74, 6) is -0.165. The summed E-state index contributed by atoms with van der Waals surface area (Å²) in [5.41, 5.74) is 9.29. The van der Waals surface area contributed by atoms with Crippen LogP contribution in [-0.2, 0) is 0 Å². The van der Waals surface area contributed by atoms with Crippen molar-refractivity contribution < 1.29 is 4.39 Å².